The van der Waals surface area contributed by atoms with Gasteiger partial charge in [-0.1, -0.05) is 26.7 Å². The molecule has 2 rings (SSSR count). The Labute approximate surface area is 117 Å². The van der Waals surface area contributed by atoms with Gasteiger partial charge in [0.2, 0.25) is 0 Å². The average Bonchev–Trinajstić information content (AvgIpc) is 2.75. The fraction of sp³-hybridized carbons (Fsp3) is 0.812. The molecule has 0 aromatic carbocycles. The number of aromatic nitrogens is 2. The minimum Gasteiger partial charge on any atom is -0.312 e. The fourth-order valence-corrected chi connectivity index (χ4v) is 3.33. The molecule has 3 nitrogen and oxygen atoms in total. The van der Waals surface area contributed by atoms with Crippen LogP contribution in [0.5, 0.6) is 0 Å². The number of rotatable bonds is 6. The summed E-state index contributed by atoms with van der Waals surface area (Å²) in [4.78, 5) is 0. The number of nitrogens with zero attached hydrogens (tertiary/aromatic N) is 2. The molecule has 1 N–H and O–H groups in total. The third-order valence-corrected chi connectivity index (χ3v) is 4.12. The maximum Gasteiger partial charge on any atom is 0.0534 e. The number of aryl methyl sites for hydroxylation is 1. The molecule has 3 heteroatoms. The quantitative estimate of drug-likeness (QED) is 0.852. The Bertz CT molecular complexity index is 370. The van der Waals surface area contributed by atoms with Gasteiger partial charge in [-0.05, 0) is 43.6 Å². The van der Waals surface area contributed by atoms with Crippen LogP contribution in [0.4, 0.5) is 0 Å². The summed E-state index contributed by atoms with van der Waals surface area (Å²) >= 11 is 0. The van der Waals surface area contributed by atoms with Gasteiger partial charge in [0.05, 0.1) is 12.7 Å². The monoisotopic (exact) mass is 263 g/mol. The summed E-state index contributed by atoms with van der Waals surface area (Å²) in [5.74, 6) is 1.79. The van der Waals surface area contributed by atoms with E-state index in [0.29, 0.717) is 0 Å². The molecule has 108 valence electrons. The van der Waals surface area contributed by atoms with Crippen molar-refractivity contribution in [3.8, 4) is 0 Å². The first-order valence-corrected chi connectivity index (χ1v) is 7.86. The second-order valence-corrected chi connectivity index (χ2v) is 6.59. The van der Waals surface area contributed by atoms with Crippen LogP contribution in [0.3, 0.4) is 0 Å². The number of hydrogen-bond acceptors (Lipinski definition) is 2. The predicted molar refractivity (Wildman–Crippen MR) is 80.2 cm³/mol. The minimum atomic E-state index is 0.731. The molecule has 1 heterocycles. The molecule has 1 aromatic rings. The lowest BCUT2D eigenvalue weighted by Gasteiger charge is -2.30. The van der Waals surface area contributed by atoms with E-state index in [1.165, 1.54) is 37.7 Å². The van der Waals surface area contributed by atoms with E-state index in [1.807, 2.05) is 10.9 Å². The Kier molecular flexibility index (Phi) is 5.44. The van der Waals surface area contributed by atoms with Crippen LogP contribution in [0.2, 0.25) is 0 Å². The van der Waals surface area contributed by atoms with Crippen molar-refractivity contribution in [2.24, 2.45) is 11.8 Å². The van der Waals surface area contributed by atoms with E-state index in [0.717, 1.165) is 31.0 Å². The molecule has 19 heavy (non-hydrogen) atoms. The van der Waals surface area contributed by atoms with Crippen molar-refractivity contribution >= 4 is 0 Å². The Morgan fingerprint density at radius 2 is 2.26 bits per heavy atom. The molecule has 0 bridgehead atoms. The van der Waals surface area contributed by atoms with Crippen molar-refractivity contribution in [1.82, 2.24) is 15.1 Å². The lowest BCUT2D eigenvalue weighted by atomic mass is 9.81. The molecular weight excluding hydrogens is 234 g/mol. The highest BCUT2D eigenvalue weighted by Gasteiger charge is 2.21. The van der Waals surface area contributed by atoms with E-state index in [9.17, 15) is 0 Å². The largest absolute Gasteiger partial charge is 0.312 e. The average molecular weight is 263 g/mol. The maximum absolute atomic E-state index is 4.33. The van der Waals surface area contributed by atoms with Gasteiger partial charge in [-0.2, -0.15) is 5.10 Å². The summed E-state index contributed by atoms with van der Waals surface area (Å²) in [7, 11) is 0. The molecule has 1 aliphatic carbocycles. The number of hydrogen-bond donors (Lipinski definition) is 1. The lowest BCUT2D eigenvalue weighted by molar-refractivity contribution is 0.251. The molecule has 1 aliphatic rings. The van der Waals surface area contributed by atoms with Crippen molar-refractivity contribution in [3.05, 3.63) is 18.0 Å². The van der Waals surface area contributed by atoms with Gasteiger partial charge in [0.1, 0.15) is 0 Å². The normalized spacial score (nSPS) is 24.0. The van der Waals surface area contributed by atoms with Gasteiger partial charge < -0.3 is 5.32 Å². The molecule has 2 unspecified atom stereocenters. The molecule has 0 amide bonds. The van der Waals surface area contributed by atoms with Crippen molar-refractivity contribution in [3.63, 3.8) is 0 Å². The summed E-state index contributed by atoms with van der Waals surface area (Å²) in [6, 6.07) is 0.731. The van der Waals surface area contributed by atoms with Crippen LogP contribution in [-0.2, 0) is 6.54 Å². The maximum atomic E-state index is 4.33. The topological polar surface area (TPSA) is 29.9 Å². The summed E-state index contributed by atoms with van der Waals surface area (Å²) in [5, 5.41) is 8.05. The smallest absolute Gasteiger partial charge is 0.0534 e. The Balaban J connectivity index is 1.67. The predicted octanol–water partition coefficient (Wildman–Crippen LogP) is 3.39. The van der Waals surface area contributed by atoms with E-state index >= 15 is 0 Å². The first-order valence-electron chi connectivity index (χ1n) is 7.86. The van der Waals surface area contributed by atoms with E-state index in [2.05, 4.69) is 37.4 Å². The highest BCUT2D eigenvalue weighted by atomic mass is 15.3. The molecule has 1 saturated carbocycles. The molecule has 1 aromatic heterocycles. The molecule has 0 radical (unpaired) electrons. The van der Waals surface area contributed by atoms with Crippen molar-refractivity contribution in [1.29, 1.82) is 0 Å². The van der Waals surface area contributed by atoms with Crippen molar-refractivity contribution < 1.29 is 0 Å². The van der Waals surface area contributed by atoms with Crippen LogP contribution in [0.25, 0.3) is 0 Å². The zero-order valence-electron chi connectivity index (χ0n) is 12.7. The van der Waals surface area contributed by atoms with Crippen molar-refractivity contribution in [2.45, 2.75) is 65.5 Å². The van der Waals surface area contributed by atoms with Crippen LogP contribution in [-0.4, -0.2) is 22.4 Å². The summed E-state index contributed by atoms with van der Waals surface area (Å²) in [5.41, 5.74) is 1.25. The molecular formula is C16H29N3. The first kappa shape index (κ1) is 14.6. The zero-order chi connectivity index (χ0) is 13.7. The number of nitrogens with one attached hydrogen (secondary N) is 1. The van der Waals surface area contributed by atoms with E-state index in [-0.39, 0.29) is 0 Å². The van der Waals surface area contributed by atoms with Crippen LogP contribution in [0, 0.1) is 18.8 Å². The van der Waals surface area contributed by atoms with Gasteiger partial charge in [-0.15, -0.1) is 0 Å². The van der Waals surface area contributed by atoms with Crippen LogP contribution in [0.15, 0.2) is 12.4 Å². The summed E-state index contributed by atoms with van der Waals surface area (Å²) in [6.45, 7) is 8.81. The SMILES string of the molecule is Cc1cnn(CCNC2CCCC(CC(C)C)C2)c1. The Morgan fingerprint density at radius 1 is 1.42 bits per heavy atom. The Morgan fingerprint density at radius 3 is 2.95 bits per heavy atom. The van der Waals surface area contributed by atoms with E-state index in [1.54, 1.807) is 0 Å². The van der Waals surface area contributed by atoms with Crippen LogP contribution < -0.4 is 5.32 Å². The lowest BCUT2D eigenvalue weighted by Crippen LogP contribution is -2.36. The molecule has 0 saturated heterocycles. The van der Waals surface area contributed by atoms with Gasteiger partial charge in [-0.25, -0.2) is 0 Å². The van der Waals surface area contributed by atoms with Gasteiger partial charge >= 0.3 is 0 Å². The molecule has 1 fully saturated rings. The first-order chi connectivity index (χ1) is 9.13. The molecule has 0 spiro atoms. The zero-order valence-corrected chi connectivity index (χ0v) is 12.7. The second-order valence-electron chi connectivity index (χ2n) is 6.59. The van der Waals surface area contributed by atoms with Crippen LogP contribution in [0.1, 0.15) is 51.5 Å². The highest BCUT2D eigenvalue weighted by molar-refractivity contribution is 4.99. The van der Waals surface area contributed by atoms with Crippen LogP contribution >= 0.6 is 0 Å². The standard InChI is InChI=1S/C16H29N3/c1-13(2)9-15-5-4-6-16(10-15)17-7-8-19-12-14(3)11-18-19/h11-13,15-17H,4-10H2,1-3H3. The Hall–Kier alpha value is -0.830. The second kappa shape index (κ2) is 7.09. The minimum absolute atomic E-state index is 0.731. The van der Waals surface area contributed by atoms with Gasteiger partial charge in [0.15, 0.2) is 0 Å². The van der Waals surface area contributed by atoms with Gasteiger partial charge in [0, 0.05) is 18.8 Å². The van der Waals surface area contributed by atoms with E-state index < -0.39 is 0 Å². The van der Waals surface area contributed by atoms with Gasteiger partial charge in [-0.3, -0.25) is 4.68 Å². The van der Waals surface area contributed by atoms with E-state index in [4.69, 9.17) is 0 Å². The van der Waals surface area contributed by atoms with Gasteiger partial charge in [0.25, 0.3) is 0 Å². The summed E-state index contributed by atoms with van der Waals surface area (Å²) in [6.07, 6.45) is 11.0. The summed E-state index contributed by atoms with van der Waals surface area (Å²) < 4.78 is 2.04. The third-order valence-electron chi connectivity index (χ3n) is 4.12. The molecule has 0 aliphatic heterocycles. The molecule has 2 atom stereocenters. The van der Waals surface area contributed by atoms with Crippen molar-refractivity contribution in [2.75, 3.05) is 6.54 Å². The third kappa shape index (κ3) is 4.98. The fourth-order valence-electron chi connectivity index (χ4n) is 3.33. The highest BCUT2D eigenvalue weighted by Crippen LogP contribution is 2.29.